The van der Waals surface area contributed by atoms with Gasteiger partial charge in [0.1, 0.15) is 0 Å². The first-order chi connectivity index (χ1) is 10.7. The van der Waals surface area contributed by atoms with E-state index in [4.69, 9.17) is 0 Å². The fourth-order valence-corrected chi connectivity index (χ4v) is 3.68. The first-order valence-electron chi connectivity index (χ1n) is 7.07. The van der Waals surface area contributed by atoms with Crippen LogP contribution in [0.4, 0.5) is 0 Å². The molecule has 5 heteroatoms. The minimum absolute atomic E-state index is 0.0682. The maximum absolute atomic E-state index is 11.8. The Morgan fingerprint density at radius 3 is 2.95 bits per heavy atom. The van der Waals surface area contributed by atoms with Crippen molar-refractivity contribution in [1.82, 2.24) is 10.3 Å². The van der Waals surface area contributed by atoms with Crippen LogP contribution in [0, 0.1) is 0 Å². The second-order valence-corrected chi connectivity index (χ2v) is 7.06. The summed E-state index contributed by atoms with van der Waals surface area (Å²) < 4.78 is 1.19. The van der Waals surface area contributed by atoms with Gasteiger partial charge in [0.25, 0.3) is 0 Å². The van der Waals surface area contributed by atoms with Gasteiger partial charge in [-0.05, 0) is 29.7 Å². The van der Waals surface area contributed by atoms with E-state index < -0.39 is 0 Å². The lowest BCUT2D eigenvalue weighted by molar-refractivity contribution is -0.116. The van der Waals surface area contributed by atoms with Gasteiger partial charge in [-0.15, -0.1) is 22.7 Å². The Balaban J connectivity index is 1.57. The molecule has 1 unspecified atom stereocenters. The Labute approximate surface area is 137 Å². The molecule has 1 amide bonds. The van der Waals surface area contributed by atoms with Crippen LogP contribution in [0.5, 0.6) is 0 Å². The van der Waals surface area contributed by atoms with Crippen LogP contribution in [-0.4, -0.2) is 17.4 Å². The summed E-state index contributed by atoms with van der Waals surface area (Å²) in [4.78, 5) is 17.5. The second-order valence-electron chi connectivity index (χ2n) is 5.01. The van der Waals surface area contributed by atoms with Crippen molar-refractivity contribution < 1.29 is 4.79 Å². The number of thiophene rings is 1. The summed E-state index contributed by atoms with van der Waals surface area (Å²) in [5.74, 6) is 0.137. The fourth-order valence-electron chi connectivity index (χ4n) is 2.04. The first kappa shape index (κ1) is 14.9. The van der Waals surface area contributed by atoms with Crippen molar-refractivity contribution in [3.05, 3.63) is 57.7 Å². The maximum Gasteiger partial charge on any atom is 0.244 e. The van der Waals surface area contributed by atoms with Gasteiger partial charge in [-0.2, -0.15) is 0 Å². The van der Waals surface area contributed by atoms with Crippen LogP contribution in [0.1, 0.15) is 22.7 Å². The number of para-hydroxylation sites is 1. The molecule has 0 saturated heterocycles. The number of thiazole rings is 1. The van der Waals surface area contributed by atoms with Gasteiger partial charge >= 0.3 is 0 Å². The van der Waals surface area contributed by atoms with Crippen LogP contribution in [0.25, 0.3) is 16.3 Å². The third kappa shape index (κ3) is 3.61. The van der Waals surface area contributed by atoms with E-state index in [9.17, 15) is 4.79 Å². The monoisotopic (exact) mass is 328 g/mol. The molecule has 0 aliphatic rings. The number of carbonyl (C=O) groups excluding carboxylic acids is 1. The number of benzene rings is 1. The molecule has 3 nitrogen and oxygen atoms in total. The van der Waals surface area contributed by atoms with Crippen molar-refractivity contribution >= 4 is 44.9 Å². The molecule has 112 valence electrons. The summed E-state index contributed by atoms with van der Waals surface area (Å²) in [5, 5.41) is 5.99. The second kappa shape index (κ2) is 6.85. The van der Waals surface area contributed by atoms with Crippen LogP contribution in [0.15, 0.2) is 47.9 Å². The predicted molar refractivity (Wildman–Crippen MR) is 94.4 cm³/mol. The van der Waals surface area contributed by atoms with Crippen molar-refractivity contribution in [3.8, 4) is 0 Å². The van der Waals surface area contributed by atoms with Crippen LogP contribution < -0.4 is 5.32 Å². The molecule has 22 heavy (non-hydrogen) atoms. The highest BCUT2D eigenvalue weighted by molar-refractivity contribution is 7.18. The van der Waals surface area contributed by atoms with E-state index >= 15 is 0 Å². The lowest BCUT2D eigenvalue weighted by Gasteiger charge is -2.08. The van der Waals surface area contributed by atoms with Gasteiger partial charge in [-0.1, -0.05) is 25.1 Å². The largest absolute Gasteiger partial charge is 0.352 e. The fraction of sp³-hybridized carbons (Fsp3) is 0.176. The van der Waals surface area contributed by atoms with E-state index in [0.29, 0.717) is 6.54 Å². The normalized spacial score (nSPS) is 12.8. The van der Waals surface area contributed by atoms with Gasteiger partial charge in [-0.3, -0.25) is 4.79 Å². The van der Waals surface area contributed by atoms with Crippen molar-refractivity contribution in [2.24, 2.45) is 0 Å². The van der Waals surface area contributed by atoms with Gasteiger partial charge in [0.15, 0.2) is 0 Å². The number of hydrogen-bond acceptors (Lipinski definition) is 4. The van der Waals surface area contributed by atoms with Gasteiger partial charge in [0.2, 0.25) is 5.91 Å². The summed E-state index contributed by atoms with van der Waals surface area (Å²) in [6.45, 7) is 2.68. The standard InChI is InChI=1S/C17H16N2OS2/c1-12(17-19-14-6-2-3-7-15(14)22-17)11-18-16(20)9-8-13-5-4-10-21-13/h2-10,12H,11H2,1H3,(H,18,20)/b9-8+. The van der Waals surface area contributed by atoms with E-state index in [1.165, 1.54) is 4.70 Å². The SMILES string of the molecule is CC(CNC(=O)/C=C/c1cccs1)c1nc2ccccc2s1. The third-order valence-electron chi connectivity index (χ3n) is 3.26. The average molecular weight is 328 g/mol. The average Bonchev–Trinajstić information content (AvgIpc) is 3.19. The highest BCUT2D eigenvalue weighted by Crippen LogP contribution is 2.26. The number of nitrogens with zero attached hydrogens (tertiary/aromatic N) is 1. The molecule has 2 heterocycles. The Morgan fingerprint density at radius 2 is 2.18 bits per heavy atom. The van der Waals surface area contributed by atoms with E-state index in [0.717, 1.165) is 15.4 Å². The number of amides is 1. The van der Waals surface area contributed by atoms with Gasteiger partial charge in [-0.25, -0.2) is 4.98 Å². The molecule has 0 bridgehead atoms. The minimum atomic E-state index is -0.0682. The van der Waals surface area contributed by atoms with E-state index in [-0.39, 0.29) is 11.8 Å². The molecule has 3 aromatic rings. The molecule has 0 saturated carbocycles. The number of fused-ring (bicyclic) bond motifs is 1. The van der Waals surface area contributed by atoms with Crippen molar-refractivity contribution in [3.63, 3.8) is 0 Å². The summed E-state index contributed by atoms with van der Waals surface area (Å²) in [6, 6.07) is 12.1. The molecule has 1 atom stereocenters. The van der Waals surface area contributed by atoms with Gasteiger partial charge in [0, 0.05) is 23.4 Å². The van der Waals surface area contributed by atoms with Crippen molar-refractivity contribution in [2.75, 3.05) is 6.54 Å². The molecule has 0 spiro atoms. The van der Waals surface area contributed by atoms with E-state index in [1.807, 2.05) is 41.8 Å². The highest BCUT2D eigenvalue weighted by atomic mass is 32.1. The smallest absolute Gasteiger partial charge is 0.244 e. The van der Waals surface area contributed by atoms with E-state index in [1.54, 1.807) is 28.7 Å². The Morgan fingerprint density at radius 1 is 1.32 bits per heavy atom. The van der Waals surface area contributed by atoms with Crippen molar-refractivity contribution in [2.45, 2.75) is 12.8 Å². The molecule has 0 aliphatic heterocycles. The Hall–Kier alpha value is -1.98. The lowest BCUT2D eigenvalue weighted by atomic mass is 10.2. The molecule has 0 aliphatic carbocycles. The van der Waals surface area contributed by atoms with Crippen molar-refractivity contribution in [1.29, 1.82) is 0 Å². The van der Waals surface area contributed by atoms with Crippen LogP contribution >= 0.6 is 22.7 Å². The molecular weight excluding hydrogens is 312 g/mol. The van der Waals surface area contributed by atoms with Gasteiger partial charge < -0.3 is 5.32 Å². The Kier molecular flexibility index (Phi) is 4.65. The third-order valence-corrected chi connectivity index (χ3v) is 5.36. The Bertz CT molecular complexity index is 757. The molecular formula is C17H16N2OS2. The van der Waals surface area contributed by atoms with Crippen LogP contribution in [0.2, 0.25) is 0 Å². The molecule has 1 aromatic carbocycles. The van der Waals surface area contributed by atoms with Gasteiger partial charge in [0.05, 0.1) is 15.2 Å². The molecule has 0 fully saturated rings. The van der Waals surface area contributed by atoms with Crippen LogP contribution in [0.3, 0.4) is 0 Å². The number of carbonyl (C=O) groups is 1. The summed E-state index contributed by atoms with van der Waals surface area (Å²) >= 11 is 3.30. The number of rotatable bonds is 5. The predicted octanol–water partition coefficient (Wildman–Crippen LogP) is 4.29. The zero-order valence-electron chi connectivity index (χ0n) is 12.2. The highest BCUT2D eigenvalue weighted by Gasteiger charge is 2.11. The summed E-state index contributed by atoms with van der Waals surface area (Å²) in [5.41, 5.74) is 1.03. The molecule has 3 rings (SSSR count). The zero-order valence-corrected chi connectivity index (χ0v) is 13.8. The molecule has 2 aromatic heterocycles. The lowest BCUT2D eigenvalue weighted by Crippen LogP contribution is -2.25. The topological polar surface area (TPSA) is 42.0 Å². The maximum atomic E-state index is 11.8. The number of hydrogen-bond donors (Lipinski definition) is 1. The first-order valence-corrected chi connectivity index (χ1v) is 8.77. The summed E-state index contributed by atoms with van der Waals surface area (Å²) in [6.07, 6.45) is 3.42. The molecule has 1 N–H and O–H groups in total. The summed E-state index contributed by atoms with van der Waals surface area (Å²) in [7, 11) is 0. The minimum Gasteiger partial charge on any atom is -0.352 e. The van der Waals surface area contributed by atoms with E-state index in [2.05, 4.69) is 23.3 Å². The van der Waals surface area contributed by atoms with Crippen LogP contribution in [-0.2, 0) is 4.79 Å². The quantitative estimate of drug-likeness (QED) is 0.710. The molecule has 0 radical (unpaired) electrons. The zero-order chi connectivity index (χ0) is 15.4. The number of aromatic nitrogens is 1. The number of nitrogens with one attached hydrogen (secondary N) is 1.